The van der Waals surface area contributed by atoms with E-state index in [-0.39, 0.29) is 16.7 Å². The Labute approximate surface area is 142 Å². The number of rotatable bonds is 5. The van der Waals surface area contributed by atoms with Crippen LogP contribution in [0, 0.1) is 5.92 Å². The maximum atomic E-state index is 12.8. The number of carbonyl (C=O) groups excluding carboxylic acids is 1. The van der Waals surface area contributed by atoms with Crippen LogP contribution in [0.15, 0.2) is 35.2 Å². The number of benzene rings is 1. The quantitative estimate of drug-likeness (QED) is 0.665. The Kier molecular flexibility index (Phi) is 5.19. The third kappa shape index (κ3) is 3.46. The molecule has 2 fully saturated rings. The predicted octanol–water partition coefficient (Wildman–Crippen LogP) is -0.464. The summed E-state index contributed by atoms with van der Waals surface area (Å²) in [5.74, 6) is -0.319. The molecule has 3 rings (SSSR count). The Morgan fingerprint density at radius 3 is 2.71 bits per heavy atom. The van der Waals surface area contributed by atoms with Crippen molar-refractivity contribution < 1.29 is 18.3 Å². The van der Waals surface area contributed by atoms with Gasteiger partial charge < -0.3 is 15.7 Å². The number of aliphatic hydroxyl groups excluding tert-OH is 1. The van der Waals surface area contributed by atoms with E-state index in [0.29, 0.717) is 39.0 Å². The lowest BCUT2D eigenvalue weighted by molar-refractivity contribution is -0.124. The monoisotopic (exact) mass is 353 g/mol. The van der Waals surface area contributed by atoms with Crippen molar-refractivity contribution in [1.82, 2.24) is 14.9 Å². The highest BCUT2D eigenvalue weighted by molar-refractivity contribution is 7.89. The number of hydrogen-bond acceptors (Lipinski definition) is 5. The molecular weight excluding hydrogens is 330 g/mol. The highest BCUT2D eigenvalue weighted by Crippen LogP contribution is 2.26. The second-order valence-corrected chi connectivity index (χ2v) is 8.21. The fourth-order valence-corrected chi connectivity index (χ4v) is 4.97. The van der Waals surface area contributed by atoms with Crippen LogP contribution in [0.2, 0.25) is 0 Å². The number of nitrogens with one attached hydrogen (secondary N) is 2. The Balaban J connectivity index is 1.67. The Hall–Kier alpha value is -1.48. The van der Waals surface area contributed by atoms with E-state index < -0.39 is 22.2 Å². The molecule has 0 bridgehead atoms. The number of sulfonamides is 1. The molecule has 0 spiro atoms. The third-order valence-corrected chi connectivity index (χ3v) is 6.62. The van der Waals surface area contributed by atoms with Crippen LogP contribution >= 0.6 is 0 Å². The summed E-state index contributed by atoms with van der Waals surface area (Å²) < 4.78 is 26.8. The molecule has 0 radical (unpaired) electrons. The molecule has 7 nitrogen and oxygen atoms in total. The number of carbonyl (C=O) groups is 1. The molecule has 132 valence electrons. The second-order valence-electron chi connectivity index (χ2n) is 6.32. The van der Waals surface area contributed by atoms with Gasteiger partial charge in [-0.15, -0.1) is 0 Å². The molecule has 1 amide bonds. The van der Waals surface area contributed by atoms with E-state index in [1.54, 1.807) is 30.3 Å². The van der Waals surface area contributed by atoms with Crippen molar-refractivity contribution in [3.8, 4) is 0 Å². The Morgan fingerprint density at radius 2 is 2.04 bits per heavy atom. The highest BCUT2D eigenvalue weighted by atomic mass is 32.2. The van der Waals surface area contributed by atoms with Gasteiger partial charge in [0.1, 0.15) is 6.04 Å². The van der Waals surface area contributed by atoms with Gasteiger partial charge in [0, 0.05) is 32.1 Å². The van der Waals surface area contributed by atoms with E-state index in [1.807, 2.05) is 0 Å². The standard InChI is InChI=1S/C16H23N3O4S/c20-15-11-17-9-12(15)10-18-16(21)14-7-4-8-19(14)24(22,23)13-5-2-1-3-6-13/h1-3,5-6,12,14-15,17,20H,4,7-11H2,(H,18,21). The van der Waals surface area contributed by atoms with Crippen molar-refractivity contribution in [3.63, 3.8) is 0 Å². The van der Waals surface area contributed by atoms with Crippen LogP contribution in [0.1, 0.15) is 12.8 Å². The molecule has 0 aromatic heterocycles. The van der Waals surface area contributed by atoms with Gasteiger partial charge in [-0.25, -0.2) is 8.42 Å². The normalized spacial score (nSPS) is 28.1. The van der Waals surface area contributed by atoms with E-state index in [2.05, 4.69) is 10.6 Å². The fraction of sp³-hybridized carbons (Fsp3) is 0.562. The summed E-state index contributed by atoms with van der Waals surface area (Å²) in [4.78, 5) is 12.7. The lowest BCUT2D eigenvalue weighted by Crippen LogP contribution is -2.47. The second kappa shape index (κ2) is 7.18. The minimum absolute atomic E-state index is 0.0328. The first-order valence-electron chi connectivity index (χ1n) is 8.23. The van der Waals surface area contributed by atoms with Crippen LogP contribution < -0.4 is 10.6 Å². The fourth-order valence-electron chi connectivity index (χ4n) is 3.29. The van der Waals surface area contributed by atoms with Crippen molar-refractivity contribution in [2.45, 2.75) is 29.9 Å². The molecular formula is C16H23N3O4S. The van der Waals surface area contributed by atoms with E-state index in [4.69, 9.17) is 0 Å². The van der Waals surface area contributed by atoms with Gasteiger partial charge in [0.2, 0.25) is 15.9 Å². The number of aliphatic hydroxyl groups is 1. The van der Waals surface area contributed by atoms with Crippen molar-refractivity contribution >= 4 is 15.9 Å². The number of amides is 1. The zero-order valence-electron chi connectivity index (χ0n) is 13.4. The summed E-state index contributed by atoms with van der Waals surface area (Å²) in [6, 6.07) is 7.51. The summed E-state index contributed by atoms with van der Waals surface area (Å²) in [5.41, 5.74) is 0. The molecule has 3 unspecified atom stereocenters. The Bertz CT molecular complexity index is 680. The molecule has 2 aliphatic rings. The molecule has 8 heteroatoms. The average molecular weight is 353 g/mol. The first-order valence-corrected chi connectivity index (χ1v) is 9.67. The van der Waals surface area contributed by atoms with Crippen LogP contribution in [0.25, 0.3) is 0 Å². The molecule has 1 aromatic carbocycles. The molecule has 0 saturated carbocycles. The average Bonchev–Trinajstić information content (AvgIpc) is 3.23. The van der Waals surface area contributed by atoms with Gasteiger partial charge >= 0.3 is 0 Å². The molecule has 3 atom stereocenters. The lowest BCUT2D eigenvalue weighted by Gasteiger charge is -2.24. The van der Waals surface area contributed by atoms with Gasteiger partial charge in [0.05, 0.1) is 11.0 Å². The van der Waals surface area contributed by atoms with E-state index >= 15 is 0 Å². The smallest absolute Gasteiger partial charge is 0.243 e. The zero-order chi connectivity index (χ0) is 17.2. The molecule has 24 heavy (non-hydrogen) atoms. The van der Waals surface area contributed by atoms with Crippen LogP contribution in [0.3, 0.4) is 0 Å². The highest BCUT2D eigenvalue weighted by Gasteiger charge is 2.39. The molecule has 1 aromatic rings. The van der Waals surface area contributed by atoms with Gasteiger partial charge in [0.25, 0.3) is 0 Å². The lowest BCUT2D eigenvalue weighted by atomic mass is 10.1. The van der Waals surface area contributed by atoms with E-state index in [9.17, 15) is 18.3 Å². The van der Waals surface area contributed by atoms with E-state index in [0.717, 1.165) is 0 Å². The van der Waals surface area contributed by atoms with E-state index in [1.165, 1.54) is 4.31 Å². The molecule has 0 aliphatic carbocycles. The predicted molar refractivity (Wildman–Crippen MR) is 88.7 cm³/mol. The summed E-state index contributed by atoms with van der Waals surface area (Å²) >= 11 is 0. The SMILES string of the molecule is O=C(NCC1CNCC1O)C1CCCN1S(=O)(=O)c1ccccc1. The third-order valence-electron chi connectivity index (χ3n) is 4.70. The molecule has 3 N–H and O–H groups in total. The number of β-amino-alcohol motifs (C(OH)–C–C–N with tert-alkyl or cyclic N) is 1. The van der Waals surface area contributed by atoms with Crippen LogP contribution in [-0.2, 0) is 14.8 Å². The first-order chi connectivity index (χ1) is 11.5. The Morgan fingerprint density at radius 1 is 1.29 bits per heavy atom. The summed E-state index contributed by atoms with van der Waals surface area (Å²) in [6.07, 6.45) is 0.708. The summed E-state index contributed by atoms with van der Waals surface area (Å²) in [7, 11) is -3.67. The molecule has 2 saturated heterocycles. The van der Waals surface area contributed by atoms with Gasteiger partial charge in [-0.1, -0.05) is 18.2 Å². The van der Waals surface area contributed by atoms with Crippen LogP contribution in [-0.4, -0.2) is 62.1 Å². The van der Waals surface area contributed by atoms with Crippen molar-refractivity contribution in [2.24, 2.45) is 5.92 Å². The summed E-state index contributed by atoms with van der Waals surface area (Å²) in [6.45, 7) is 1.88. The van der Waals surface area contributed by atoms with Gasteiger partial charge in [-0.2, -0.15) is 4.31 Å². The minimum Gasteiger partial charge on any atom is -0.391 e. The zero-order valence-corrected chi connectivity index (χ0v) is 14.2. The topological polar surface area (TPSA) is 98.7 Å². The minimum atomic E-state index is -3.67. The van der Waals surface area contributed by atoms with Gasteiger partial charge in [-0.05, 0) is 25.0 Å². The van der Waals surface area contributed by atoms with Crippen LogP contribution in [0.5, 0.6) is 0 Å². The molecule has 2 heterocycles. The van der Waals surface area contributed by atoms with Gasteiger partial charge in [-0.3, -0.25) is 4.79 Å². The number of nitrogens with zero attached hydrogens (tertiary/aromatic N) is 1. The maximum absolute atomic E-state index is 12.8. The number of hydrogen-bond donors (Lipinski definition) is 3. The van der Waals surface area contributed by atoms with Gasteiger partial charge in [0.15, 0.2) is 0 Å². The summed E-state index contributed by atoms with van der Waals surface area (Å²) in [5, 5.41) is 15.6. The largest absolute Gasteiger partial charge is 0.391 e. The van der Waals surface area contributed by atoms with Crippen LogP contribution in [0.4, 0.5) is 0 Å². The van der Waals surface area contributed by atoms with Crippen molar-refractivity contribution in [2.75, 3.05) is 26.2 Å². The van der Waals surface area contributed by atoms with Crippen molar-refractivity contribution in [3.05, 3.63) is 30.3 Å². The maximum Gasteiger partial charge on any atom is 0.243 e. The molecule has 2 aliphatic heterocycles. The van der Waals surface area contributed by atoms with Crippen molar-refractivity contribution in [1.29, 1.82) is 0 Å². The first kappa shape index (κ1) is 17.3.